The molecule has 0 aromatic rings. The molecule has 0 spiro atoms. The molecule has 0 aromatic heterocycles. The third kappa shape index (κ3) is 20.6. The summed E-state index contributed by atoms with van der Waals surface area (Å²) in [7, 11) is 0. The van der Waals surface area contributed by atoms with Gasteiger partial charge in [-0.2, -0.15) is 0 Å². The van der Waals surface area contributed by atoms with Crippen molar-refractivity contribution >= 4 is 17.6 Å². The number of urea groups is 1. The molecule has 1 heterocycles. The molecular formula is C33H66N2O3. The minimum Gasteiger partial charge on any atom is -0.318 e. The first-order valence-electron chi connectivity index (χ1n) is 14.5. The molecule has 0 saturated carbocycles. The SMILES string of the molecule is CC(C)(C)CC(=O)CC(C)(C)C.CC(C)(C)CC(=O)CC(C)(C)C.CC(C)(C)N1CCN(C(C)(C)C)C1=O. The van der Waals surface area contributed by atoms with Crippen LogP contribution in [-0.2, 0) is 9.59 Å². The molecule has 0 bridgehead atoms. The van der Waals surface area contributed by atoms with Crippen molar-refractivity contribution in [3.8, 4) is 0 Å². The zero-order valence-corrected chi connectivity index (χ0v) is 28.9. The van der Waals surface area contributed by atoms with Crippen LogP contribution in [0.4, 0.5) is 4.79 Å². The van der Waals surface area contributed by atoms with Crippen LogP contribution in [-0.4, -0.2) is 51.6 Å². The molecule has 1 saturated heterocycles. The molecule has 1 aliphatic rings. The highest BCUT2D eigenvalue weighted by Gasteiger charge is 2.40. The number of hydrogen-bond acceptors (Lipinski definition) is 3. The molecule has 38 heavy (non-hydrogen) atoms. The Balaban J connectivity index is 0. The summed E-state index contributed by atoms with van der Waals surface area (Å²) >= 11 is 0. The van der Waals surface area contributed by atoms with E-state index >= 15 is 0 Å². The summed E-state index contributed by atoms with van der Waals surface area (Å²) in [6.07, 6.45) is 2.79. The average Bonchev–Trinajstić information content (AvgIpc) is 2.90. The molecule has 2 amide bonds. The van der Waals surface area contributed by atoms with E-state index in [2.05, 4.69) is 125 Å². The Bertz CT molecular complexity index is 655. The summed E-state index contributed by atoms with van der Waals surface area (Å²) in [5.41, 5.74) is 0.448. The fraction of sp³-hybridized carbons (Fsp3) is 0.909. The van der Waals surface area contributed by atoms with Gasteiger partial charge in [0.25, 0.3) is 0 Å². The summed E-state index contributed by atoms with van der Waals surface area (Å²) < 4.78 is 0. The van der Waals surface area contributed by atoms with Crippen molar-refractivity contribution in [1.29, 1.82) is 0 Å². The molecule has 5 heteroatoms. The van der Waals surface area contributed by atoms with Gasteiger partial charge in [0, 0.05) is 49.9 Å². The molecule has 1 aliphatic heterocycles. The predicted octanol–water partition coefficient (Wildman–Crippen LogP) is 9.18. The fourth-order valence-corrected chi connectivity index (χ4v) is 4.27. The van der Waals surface area contributed by atoms with Crippen LogP contribution in [0.5, 0.6) is 0 Å². The number of Topliss-reactive ketones (excluding diaryl/α,β-unsaturated/α-hetero) is 2. The van der Waals surface area contributed by atoms with Gasteiger partial charge in [0.2, 0.25) is 0 Å². The smallest absolute Gasteiger partial charge is 0.318 e. The monoisotopic (exact) mass is 539 g/mol. The Kier molecular flexibility index (Phi) is 14.1. The van der Waals surface area contributed by atoms with Gasteiger partial charge in [-0.05, 0) is 63.2 Å². The maximum Gasteiger partial charge on any atom is 0.320 e. The second-order valence-electron chi connectivity index (χ2n) is 18.0. The summed E-state index contributed by atoms with van der Waals surface area (Å²) in [4.78, 5) is 38.9. The first-order chi connectivity index (χ1) is 16.3. The largest absolute Gasteiger partial charge is 0.320 e. The molecule has 226 valence electrons. The standard InChI is InChI=1S/C11H22N2O.2C11H22O/c1-10(2,3)12-7-8-13(9(12)14)11(4,5)6;2*1-10(2,3)7-9(12)8-11(4,5)6/h7-8H2,1-6H3;2*7-8H2,1-6H3. The van der Waals surface area contributed by atoms with Crippen LogP contribution in [0, 0.1) is 21.7 Å². The second-order valence-corrected chi connectivity index (χ2v) is 18.0. The fourth-order valence-electron chi connectivity index (χ4n) is 4.27. The van der Waals surface area contributed by atoms with E-state index in [1.807, 2.05) is 9.80 Å². The first kappa shape index (κ1) is 38.8. The van der Waals surface area contributed by atoms with E-state index < -0.39 is 0 Å². The Morgan fingerprint density at radius 2 is 0.658 bits per heavy atom. The van der Waals surface area contributed by atoms with E-state index in [0.29, 0.717) is 37.2 Å². The van der Waals surface area contributed by atoms with E-state index in [-0.39, 0.29) is 38.8 Å². The van der Waals surface area contributed by atoms with Crippen molar-refractivity contribution in [1.82, 2.24) is 9.80 Å². The Hall–Kier alpha value is -1.39. The molecule has 1 rings (SSSR count). The Labute approximate surface area is 237 Å². The highest BCUT2D eigenvalue weighted by Crippen LogP contribution is 2.27. The highest BCUT2D eigenvalue weighted by molar-refractivity contribution is 5.80. The van der Waals surface area contributed by atoms with Crippen molar-refractivity contribution in [3.63, 3.8) is 0 Å². The molecule has 5 nitrogen and oxygen atoms in total. The Morgan fingerprint density at radius 1 is 0.474 bits per heavy atom. The number of rotatable bonds is 4. The lowest BCUT2D eigenvalue weighted by Gasteiger charge is -2.35. The molecule has 0 unspecified atom stereocenters. The second kappa shape index (κ2) is 13.8. The van der Waals surface area contributed by atoms with Gasteiger partial charge in [-0.25, -0.2) is 4.79 Å². The van der Waals surface area contributed by atoms with Crippen LogP contribution in [0.25, 0.3) is 0 Å². The minimum absolute atomic E-state index is 0.0584. The summed E-state index contributed by atoms with van der Waals surface area (Å²) in [5, 5.41) is 0. The van der Waals surface area contributed by atoms with Crippen LogP contribution >= 0.6 is 0 Å². The van der Waals surface area contributed by atoms with Crippen molar-refractivity contribution in [2.75, 3.05) is 13.1 Å². The van der Waals surface area contributed by atoms with Gasteiger partial charge < -0.3 is 9.80 Å². The van der Waals surface area contributed by atoms with Gasteiger partial charge in [-0.15, -0.1) is 0 Å². The van der Waals surface area contributed by atoms with E-state index in [1.54, 1.807) is 0 Å². The van der Waals surface area contributed by atoms with E-state index in [4.69, 9.17) is 0 Å². The summed E-state index contributed by atoms with van der Waals surface area (Å²) in [5.74, 6) is 0.769. The molecule has 0 aromatic carbocycles. The van der Waals surface area contributed by atoms with Gasteiger partial charge in [-0.1, -0.05) is 83.1 Å². The predicted molar refractivity (Wildman–Crippen MR) is 165 cm³/mol. The first-order valence-corrected chi connectivity index (χ1v) is 14.5. The summed E-state index contributed by atoms with van der Waals surface area (Å²) in [6, 6.07) is 0.171. The average molecular weight is 539 g/mol. The molecule has 0 atom stereocenters. The van der Waals surface area contributed by atoms with Crippen LogP contribution in [0.1, 0.15) is 150 Å². The number of ketones is 2. The normalized spacial score (nSPS) is 15.5. The van der Waals surface area contributed by atoms with Crippen LogP contribution in [0.3, 0.4) is 0 Å². The van der Waals surface area contributed by atoms with Crippen molar-refractivity contribution < 1.29 is 14.4 Å². The third-order valence-electron chi connectivity index (χ3n) is 5.54. The van der Waals surface area contributed by atoms with Gasteiger partial charge in [-0.3, -0.25) is 9.59 Å². The molecule has 0 radical (unpaired) electrons. The minimum atomic E-state index is -0.0584. The van der Waals surface area contributed by atoms with Gasteiger partial charge in [0.1, 0.15) is 11.6 Å². The quantitative estimate of drug-likeness (QED) is 0.358. The van der Waals surface area contributed by atoms with Crippen molar-refractivity contribution in [2.45, 2.75) is 161 Å². The van der Waals surface area contributed by atoms with Gasteiger partial charge >= 0.3 is 6.03 Å². The number of hydrogen-bond donors (Lipinski definition) is 0. The lowest BCUT2D eigenvalue weighted by atomic mass is 9.83. The zero-order valence-electron chi connectivity index (χ0n) is 28.9. The van der Waals surface area contributed by atoms with Gasteiger partial charge in [0.05, 0.1) is 0 Å². The van der Waals surface area contributed by atoms with Crippen LogP contribution in [0.15, 0.2) is 0 Å². The lowest BCUT2D eigenvalue weighted by Crippen LogP contribution is -2.48. The van der Waals surface area contributed by atoms with E-state index in [9.17, 15) is 14.4 Å². The maximum atomic E-state index is 12.1. The summed E-state index contributed by atoms with van der Waals surface area (Å²) in [6.45, 7) is 39.4. The number of nitrogens with zero attached hydrogens (tertiary/aromatic N) is 2. The highest BCUT2D eigenvalue weighted by atomic mass is 16.2. The van der Waals surface area contributed by atoms with E-state index in [0.717, 1.165) is 13.1 Å². The molecular weight excluding hydrogens is 472 g/mol. The van der Waals surface area contributed by atoms with Crippen molar-refractivity contribution in [2.24, 2.45) is 21.7 Å². The van der Waals surface area contributed by atoms with Crippen molar-refractivity contribution in [3.05, 3.63) is 0 Å². The van der Waals surface area contributed by atoms with Gasteiger partial charge in [0.15, 0.2) is 0 Å². The van der Waals surface area contributed by atoms with Crippen LogP contribution in [0.2, 0.25) is 0 Å². The molecule has 1 fully saturated rings. The number of carbonyl (C=O) groups is 3. The number of amides is 2. The topological polar surface area (TPSA) is 57.7 Å². The number of carbonyl (C=O) groups excluding carboxylic acids is 3. The van der Waals surface area contributed by atoms with Crippen LogP contribution < -0.4 is 0 Å². The zero-order chi connectivity index (χ0) is 31.1. The molecule has 0 N–H and O–H groups in total. The lowest BCUT2D eigenvalue weighted by molar-refractivity contribution is -0.123. The maximum absolute atomic E-state index is 12.1. The molecule has 0 aliphatic carbocycles. The third-order valence-corrected chi connectivity index (χ3v) is 5.54. The Morgan fingerprint density at radius 3 is 0.763 bits per heavy atom. The van der Waals surface area contributed by atoms with E-state index in [1.165, 1.54) is 0 Å².